The summed E-state index contributed by atoms with van der Waals surface area (Å²) in [5.41, 5.74) is 0. The van der Waals surface area contributed by atoms with Crippen LogP contribution in [0.4, 0.5) is 0 Å². The van der Waals surface area contributed by atoms with Gasteiger partial charge in [0.2, 0.25) is 23.6 Å². The molecule has 644 valence electrons. The van der Waals surface area contributed by atoms with Crippen molar-refractivity contribution >= 4 is 51.2 Å². The van der Waals surface area contributed by atoms with Crippen molar-refractivity contribution in [2.45, 2.75) is 445 Å². The van der Waals surface area contributed by atoms with E-state index < -0.39 is 72.4 Å². The molecule has 24 heteroatoms. The molecule has 0 spiro atoms. The number of unbranched alkanes of at least 4 members (excludes halogenated alkanes) is 44. The first-order valence-electron chi connectivity index (χ1n) is 44.8. The zero-order valence-electron chi connectivity index (χ0n) is 70.4. The number of esters is 2. The van der Waals surface area contributed by atoms with E-state index in [1.54, 1.807) is 0 Å². The van der Waals surface area contributed by atoms with E-state index in [9.17, 15) is 47.7 Å². The number of hydrogen-bond donors (Lipinski definition) is 6. The molecule has 22 nitrogen and oxygen atoms in total. The minimum absolute atomic E-state index is 0.0448. The molecule has 0 radical (unpaired) electrons. The predicted octanol–water partition coefficient (Wildman–Crippen LogP) is 21.4. The molecular formula is C85H166N4O18P2. The van der Waals surface area contributed by atoms with Crippen LogP contribution < -0.4 is 21.3 Å². The fourth-order valence-electron chi connectivity index (χ4n) is 13.2. The smallest absolute Gasteiger partial charge is 0.462 e. The molecule has 4 amide bonds. The zero-order valence-corrected chi connectivity index (χ0v) is 72.2. The number of nitrogens with one attached hydrogen (secondary N) is 4. The third-order valence-corrected chi connectivity index (χ3v) is 21.9. The van der Waals surface area contributed by atoms with Crippen LogP contribution in [-0.4, -0.2) is 136 Å². The maximum absolute atomic E-state index is 13.3. The second-order valence-electron chi connectivity index (χ2n) is 30.7. The van der Waals surface area contributed by atoms with E-state index in [0.29, 0.717) is 51.4 Å². The molecule has 0 aromatic heterocycles. The lowest BCUT2D eigenvalue weighted by Crippen LogP contribution is -2.41. The number of hydrogen-bond acceptors (Lipinski definition) is 16. The van der Waals surface area contributed by atoms with E-state index in [1.807, 2.05) is 0 Å². The third-order valence-electron chi connectivity index (χ3n) is 19.9. The van der Waals surface area contributed by atoms with Crippen LogP contribution in [0.5, 0.6) is 0 Å². The maximum Gasteiger partial charge on any atom is 0.472 e. The first kappa shape index (κ1) is 106. The molecule has 109 heavy (non-hydrogen) atoms. The van der Waals surface area contributed by atoms with Crippen LogP contribution in [0.25, 0.3) is 0 Å². The lowest BCUT2D eigenvalue weighted by atomic mass is 10.1. The molecule has 0 fully saturated rings. The zero-order chi connectivity index (χ0) is 80.0. The van der Waals surface area contributed by atoms with Crippen LogP contribution in [-0.2, 0) is 74.9 Å². The van der Waals surface area contributed by atoms with Gasteiger partial charge in [0.1, 0.15) is 18.6 Å². The van der Waals surface area contributed by atoms with E-state index in [4.69, 9.17) is 37.0 Å². The SMILES string of the molecule is CCCCCCCCCCCCCC(=O)N[C@H](COCC[C@H](CCCCCCC)OC(=O)CCCCCCCCCCC)COP(=O)(O)OCCNC(=O)CC(=O)NCCOP(=O)(O)OC[C@@H](COCC[C@H](CCCCCCC)OC(=O)CCCCCCCCCCC)NC(=O)CCCCCCCCCCCCC. The number of phosphoric ester groups is 2. The van der Waals surface area contributed by atoms with Crippen molar-refractivity contribution in [3.8, 4) is 0 Å². The van der Waals surface area contributed by atoms with Crippen molar-refractivity contribution in [3.63, 3.8) is 0 Å². The van der Waals surface area contributed by atoms with Gasteiger partial charge in [0.05, 0.1) is 64.9 Å². The molecule has 0 saturated carbocycles. The summed E-state index contributed by atoms with van der Waals surface area (Å²) in [4.78, 5) is 99.5. The van der Waals surface area contributed by atoms with Crippen LogP contribution in [0.1, 0.15) is 420 Å². The van der Waals surface area contributed by atoms with Crippen LogP contribution in [0.15, 0.2) is 0 Å². The van der Waals surface area contributed by atoms with Crippen molar-refractivity contribution in [1.29, 1.82) is 0 Å². The average Bonchev–Trinajstić information content (AvgIpc) is 0.927. The Morgan fingerprint density at radius 3 is 0.807 bits per heavy atom. The van der Waals surface area contributed by atoms with Gasteiger partial charge in [0, 0.05) is 51.6 Å². The molecular weight excluding hydrogens is 1430 g/mol. The average molecular weight is 1590 g/mol. The second kappa shape index (κ2) is 78.8. The Bertz CT molecular complexity index is 2080. The first-order valence-corrected chi connectivity index (χ1v) is 47.8. The summed E-state index contributed by atoms with van der Waals surface area (Å²) < 4.78 is 71.5. The quantitative estimate of drug-likeness (QED) is 0.0143. The first-order chi connectivity index (χ1) is 52.9. The Morgan fingerprint density at radius 2 is 0.532 bits per heavy atom. The van der Waals surface area contributed by atoms with E-state index in [2.05, 4.69) is 62.8 Å². The number of ether oxygens (including phenoxy) is 4. The molecule has 0 aliphatic rings. The molecule has 0 rings (SSSR count). The van der Waals surface area contributed by atoms with Crippen LogP contribution in [0, 0.1) is 0 Å². The monoisotopic (exact) mass is 1590 g/mol. The number of carbonyl (C=O) groups is 6. The van der Waals surface area contributed by atoms with Crippen molar-refractivity contribution in [2.24, 2.45) is 0 Å². The van der Waals surface area contributed by atoms with Crippen LogP contribution >= 0.6 is 15.6 Å². The molecule has 0 aliphatic carbocycles. The summed E-state index contributed by atoms with van der Waals surface area (Å²) >= 11 is 0. The molecule has 0 aliphatic heterocycles. The lowest BCUT2D eigenvalue weighted by Gasteiger charge is -2.22. The molecule has 6 N–H and O–H groups in total. The Balaban J connectivity index is 5.52. The van der Waals surface area contributed by atoms with Gasteiger partial charge in [-0.05, 0) is 51.4 Å². The normalized spacial score (nSPS) is 13.8. The number of carbonyl (C=O) groups excluding carboxylic acids is 6. The third kappa shape index (κ3) is 76.0. The van der Waals surface area contributed by atoms with E-state index in [1.165, 1.54) is 167 Å². The van der Waals surface area contributed by atoms with Gasteiger partial charge < -0.3 is 50.0 Å². The molecule has 0 bridgehead atoms. The highest BCUT2D eigenvalue weighted by atomic mass is 31.2. The Kier molecular flexibility index (Phi) is 76.6. The summed E-state index contributed by atoms with van der Waals surface area (Å²) in [6.07, 6.45) is 58.9. The van der Waals surface area contributed by atoms with E-state index in [-0.39, 0.29) is 88.3 Å². The fraction of sp³-hybridized carbons (Fsp3) is 0.929. The summed E-state index contributed by atoms with van der Waals surface area (Å²) in [5, 5.41) is 10.7. The van der Waals surface area contributed by atoms with E-state index in [0.717, 1.165) is 141 Å². The fourth-order valence-corrected chi connectivity index (χ4v) is 14.7. The van der Waals surface area contributed by atoms with Gasteiger partial charge in [-0.1, -0.05) is 324 Å². The Labute approximate surface area is 664 Å². The van der Waals surface area contributed by atoms with Gasteiger partial charge in [-0.15, -0.1) is 0 Å². The minimum Gasteiger partial charge on any atom is -0.462 e. The Morgan fingerprint density at radius 1 is 0.284 bits per heavy atom. The summed E-state index contributed by atoms with van der Waals surface area (Å²) in [6, 6.07) is -1.64. The minimum atomic E-state index is -4.73. The van der Waals surface area contributed by atoms with Crippen LogP contribution in [0.3, 0.4) is 0 Å². The van der Waals surface area contributed by atoms with Crippen molar-refractivity contribution < 1.29 is 84.7 Å². The predicted molar refractivity (Wildman–Crippen MR) is 441 cm³/mol. The van der Waals surface area contributed by atoms with Crippen molar-refractivity contribution in [1.82, 2.24) is 21.3 Å². The van der Waals surface area contributed by atoms with E-state index >= 15 is 0 Å². The van der Waals surface area contributed by atoms with Crippen molar-refractivity contribution in [2.75, 3.05) is 65.9 Å². The summed E-state index contributed by atoms with van der Waals surface area (Å²) in [5.74, 6) is -2.36. The molecule has 6 atom stereocenters. The highest BCUT2D eigenvalue weighted by molar-refractivity contribution is 7.47. The number of amides is 4. The molecule has 0 saturated heterocycles. The van der Waals surface area contributed by atoms with Gasteiger partial charge in [0.15, 0.2) is 0 Å². The highest BCUT2D eigenvalue weighted by Gasteiger charge is 2.27. The summed E-state index contributed by atoms with van der Waals surface area (Å²) in [7, 11) is -9.46. The summed E-state index contributed by atoms with van der Waals surface area (Å²) in [6.45, 7) is 11.3. The highest BCUT2D eigenvalue weighted by Crippen LogP contribution is 2.44. The second-order valence-corrected chi connectivity index (χ2v) is 33.6. The van der Waals surface area contributed by atoms with Gasteiger partial charge in [0.25, 0.3) is 0 Å². The van der Waals surface area contributed by atoms with Gasteiger partial charge in [-0.25, -0.2) is 9.13 Å². The maximum atomic E-state index is 13.3. The topological polar surface area (TPSA) is 299 Å². The largest absolute Gasteiger partial charge is 0.472 e. The van der Waals surface area contributed by atoms with Gasteiger partial charge in [-0.3, -0.25) is 46.9 Å². The molecule has 0 heterocycles. The number of rotatable bonds is 86. The molecule has 0 aromatic rings. The standard InChI is InChI=1S/C85H166N4O18P2/c1-7-13-19-25-29-33-35-39-41-47-53-59-80(90)88-76(72-100-67-63-78(57-51-45-23-17-11-5)106-84(94)61-55-49-43-37-31-27-21-15-9-3)74-104-108(96,97)102-69-65-86-82(92)71-83(93)87-66-70-103-109(98,99)105-75-77(89-81(91)60-54-48-42-40-36-34-30-26-20-14-8-2)73-101-68-64-79(58-52-46-24-18-12-6)107-85(95)62-56-50-44-38-32-28-22-16-10-4/h76-79H,7-75H2,1-6H3,(H,86,92)(H,87,93)(H,88,90)(H,89,91)(H,96,97)(H,98,99)/t76-,77-,78+,79+/m1/s1. The molecule has 0 aromatic carbocycles. The Hall–Kier alpha value is -3.04. The van der Waals surface area contributed by atoms with Crippen molar-refractivity contribution in [3.05, 3.63) is 0 Å². The lowest BCUT2D eigenvalue weighted by molar-refractivity contribution is -0.151. The number of phosphoric acid groups is 2. The molecule has 2 unspecified atom stereocenters. The van der Waals surface area contributed by atoms with Gasteiger partial charge in [-0.2, -0.15) is 0 Å². The van der Waals surface area contributed by atoms with Gasteiger partial charge >= 0.3 is 27.6 Å². The van der Waals surface area contributed by atoms with Crippen LogP contribution in [0.2, 0.25) is 0 Å².